The van der Waals surface area contributed by atoms with Crippen LogP contribution in [0, 0.1) is 6.92 Å². The van der Waals surface area contributed by atoms with Crippen molar-refractivity contribution in [2.75, 3.05) is 0 Å². The van der Waals surface area contributed by atoms with Crippen LogP contribution in [0.4, 0.5) is 0 Å². The molecule has 0 aliphatic rings. The van der Waals surface area contributed by atoms with E-state index in [0.717, 1.165) is 26.9 Å². The molecule has 1 amide bonds. The summed E-state index contributed by atoms with van der Waals surface area (Å²) in [6.07, 6.45) is 1.62. The van der Waals surface area contributed by atoms with Gasteiger partial charge in [-0.3, -0.25) is 4.79 Å². The van der Waals surface area contributed by atoms with Crippen LogP contribution in [-0.2, 0) is 0 Å². The van der Waals surface area contributed by atoms with E-state index < -0.39 is 5.91 Å². The molecule has 4 rings (SSSR count). The molecule has 5 nitrogen and oxygen atoms in total. The van der Waals surface area contributed by atoms with Crippen molar-refractivity contribution in [3.63, 3.8) is 0 Å². The third-order valence-corrected chi connectivity index (χ3v) is 4.68. The summed E-state index contributed by atoms with van der Waals surface area (Å²) in [4.78, 5) is 12.3. The fourth-order valence-corrected chi connectivity index (χ4v) is 3.31. The highest BCUT2D eigenvalue weighted by Crippen LogP contribution is 2.23. The number of amides is 1. The summed E-state index contributed by atoms with van der Waals surface area (Å²) in [5.41, 5.74) is 6.16. The lowest BCUT2D eigenvalue weighted by atomic mass is 10.2. The van der Waals surface area contributed by atoms with Gasteiger partial charge < -0.3 is 8.98 Å². The van der Waals surface area contributed by atoms with Gasteiger partial charge >= 0.3 is 5.91 Å². The normalized spacial score (nSPS) is 11.3. The smallest absolute Gasteiger partial charge is 0.307 e. The van der Waals surface area contributed by atoms with Gasteiger partial charge in [-0.15, -0.1) is 0 Å². The molecule has 0 fully saturated rings. The molecule has 0 saturated heterocycles. The SMILES string of the molecule is Cc1ccc(/C=N\NC(=O)c2cc3cc(Br)ccc3o2)n1-c1ccccc1. The highest BCUT2D eigenvalue weighted by molar-refractivity contribution is 9.10. The Labute approximate surface area is 164 Å². The Morgan fingerprint density at radius 2 is 1.93 bits per heavy atom. The summed E-state index contributed by atoms with van der Waals surface area (Å²) in [5.74, 6) is -0.178. The average molecular weight is 422 g/mol. The first kappa shape index (κ1) is 17.3. The van der Waals surface area contributed by atoms with Crippen molar-refractivity contribution in [3.05, 3.63) is 88.4 Å². The Morgan fingerprint density at radius 1 is 1.11 bits per heavy atom. The van der Waals surface area contributed by atoms with Gasteiger partial charge in [-0.25, -0.2) is 5.43 Å². The van der Waals surface area contributed by atoms with Gasteiger partial charge in [0.05, 0.1) is 11.9 Å². The number of aryl methyl sites for hydroxylation is 1. The second kappa shape index (κ2) is 7.25. The number of para-hydroxylation sites is 1. The van der Waals surface area contributed by atoms with Crippen molar-refractivity contribution >= 4 is 39.0 Å². The minimum absolute atomic E-state index is 0.217. The zero-order chi connectivity index (χ0) is 18.8. The van der Waals surface area contributed by atoms with Crippen LogP contribution in [0.5, 0.6) is 0 Å². The number of hydrogen-bond acceptors (Lipinski definition) is 3. The summed E-state index contributed by atoms with van der Waals surface area (Å²) >= 11 is 3.41. The largest absolute Gasteiger partial charge is 0.451 e. The second-order valence-electron chi connectivity index (χ2n) is 6.06. The van der Waals surface area contributed by atoms with Gasteiger partial charge in [-0.1, -0.05) is 34.1 Å². The molecule has 0 spiro atoms. The molecule has 2 heterocycles. The molecule has 0 atom stereocenters. The highest BCUT2D eigenvalue weighted by atomic mass is 79.9. The number of hydrogen-bond donors (Lipinski definition) is 1. The number of furan rings is 1. The third-order valence-electron chi connectivity index (χ3n) is 4.19. The predicted octanol–water partition coefficient (Wildman–Crippen LogP) is 5.06. The number of carbonyl (C=O) groups is 1. The summed E-state index contributed by atoms with van der Waals surface area (Å²) < 4.78 is 8.57. The van der Waals surface area contributed by atoms with E-state index in [1.165, 1.54) is 0 Å². The zero-order valence-corrected chi connectivity index (χ0v) is 16.1. The van der Waals surface area contributed by atoms with Crippen LogP contribution in [-0.4, -0.2) is 16.7 Å². The molecule has 0 radical (unpaired) electrons. The first-order chi connectivity index (χ1) is 13.1. The quantitative estimate of drug-likeness (QED) is 0.369. The molecule has 134 valence electrons. The minimum atomic E-state index is -0.395. The number of halogens is 1. The molecule has 1 N–H and O–H groups in total. The predicted molar refractivity (Wildman–Crippen MR) is 109 cm³/mol. The van der Waals surface area contributed by atoms with Gasteiger partial charge in [0, 0.05) is 21.2 Å². The Morgan fingerprint density at radius 3 is 2.74 bits per heavy atom. The summed E-state index contributed by atoms with van der Waals surface area (Å²) in [7, 11) is 0. The number of fused-ring (bicyclic) bond motifs is 1. The number of nitrogens with zero attached hydrogens (tertiary/aromatic N) is 2. The van der Waals surface area contributed by atoms with Crippen LogP contribution in [0.25, 0.3) is 16.7 Å². The Bertz CT molecular complexity index is 1140. The Hall–Kier alpha value is -3.12. The van der Waals surface area contributed by atoms with Crippen molar-refractivity contribution in [1.29, 1.82) is 0 Å². The number of carbonyl (C=O) groups excluding carboxylic acids is 1. The lowest BCUT2D eigenvalue weighted by Crippen LogP contribution is -2.17. The summed E-state index contributed by atoms with van der Waals surface area (Å²) in [6, 6.07) is 21.2. The van der Waals surface area contributed by atoms with Gasteiger partial charge in [-0.2, -0.15) is 5.10 Å². The molecule has 4 aromatic rings. The molecule has 0 aliphatic heterocycles. The van der Waals surface area contributed by atoms with Crippen LogP contribution in [0.2, 0.25) is 0 Å². The van der Waals surface area contributed by atoms with E-state index in [2.05, 4.69) is 31.0 Å². The first-order valence-corrected chi connectivity index (χ1v) is 9.17. The van der Waals surface area contributed by atoms with Gasteiger partial charge in [0.15, 0.2) is 5.76 Å². The fourth-order valence-electron chi connectivity index (χ4n) is 2.93. The van der Waals surface area contributed by atoms with Crippen LogP contribution in [0.1, 0.15) is 21.9 Å². The molecule has 0 saturated carbocycles. The molecule has 0 aliphatic carbocycles. The van der Waals surface area contributed by atoms with E-state index in [1.807, 2.05) is 67.6 Å². The Kier molecular flexibility index (Phi) is 4.64. The van der Waals surface area contributed by atoms with E-state index in [1.54, 1.807) is 12.3 Å². The average Bonchev–Trinajstić information content (AvgIpc) is 3.25. The molecule has 2 aromatic heterocycles. The zero-order valence-electron chi connectivity index (χ0n) is 14.5. The van der Waals surface area contributed by atoms with Gasteiger partial charge in [-0.05, 0) is 55.5 Å². The van der Waals surface area contributed by atoms with Crippen molar-refractivity contribution in [1.82, 2.24) is 9.99 Å². The third kappa shape index (κ3) is 3.57. The monoisotopic (exact) mass is 421 g/mol. The summed E-state index contributed by atoms with van der Waals surface area (Å²) in [5, 5.41) is 4.94. The molecular weight excluding hydrogens is 406 g/mol. The number of hydrazone groups is 1. The number of rotatable bonds is 4. The molecule has 0 bridgehead atoms. The number of aromatic nitrogens is 1. The maximum atomic E-state index is 12.3. The standard InChI is InChI=1S/C21H16BrN3O2/c1-14-7-9-18(25(14)17-5-3-2-4-6-17)13-23-24-21(26)20-12-15-11-16(22)8-10-19(15)27-20/h2-13H,1H3,(H,24,26)/b23-13-. The lowest BCUT2D eigenvalue weighted by Gasteiger charge is -2.08. The van der Waals surface area contributed by atoms with E-state index in [4.69, 9.17) is 4.42 Å². The highest BCUT2D eigenvalue weighted by Gasteiger charge is 2.12. The van der Waals surface area contributed by atoms with Gasteiger partial charge in [0.1, 0.15) is 5.58 Å². The first-order valence-electron chi connectivity index (χ1n) is 8.38. The van der Waals surface area contributed by atoms with Gasteiger partial charge in [0.2, 0.25) is 0 Å². The Balaban J connectivity index is 1.53. The number of benzene rings is 2. The van der Waals surface area contributed by atoms with E-state index in [9.17, 15) is 4.79 Å². The van der Waals surface area contributed by atoms with Crippen LogP contribution >= 0.6 is 15.9 Å². The van der Waals surface area contributed by atoms with Crippen molar-refractivity contribution in [3.8, 4) is 5.69 Å². The minimum Gasteiger partial charge on any atom is -0.451 e. The van der Waals surface area contributed by atoms with E-state index >= 15 is 0 Å². The van der Waals surface area contributed by atoms with E-state index in [-0.39, 0.29) is 5.76 Å². The molecule has 0 unspecified atom stereocenters. The van der Waals surface area contributed by atoms with Crippen molar-refractivity contribution in [2.45, 2.75) is 6.92 Å². The summed E-state index contributed by atoms with van der Waals surface area (Å²) in [6.45, 7) is 2.02. The van der Waals surface area contributed by atoms with E-state index in [0.29, 0.717) is 5.58 Å². The molecule has 2 aromatic carbocycles. The van der Waals surface area contributed by atoms with Crippen LogP contribution in [0.3, 0.4) is 0 Å². The molecular formula is C21H16BrN3O2. The topological polar surface area (TPSA) is 59.5 Å². The maximum Gasteiger partial charge on any atom is 0.307 e. The van der Waals surface area contributed by atoms with Crippen molar-refractivity contribution < 1.29 is 9.21 Å². The maximum absolute atomic E-state index is 12.3. The van der Waals surface area contributed by atoms with Gasteiger partial charge in [0.25, 0.3) is 0 Å². The molecule has 6 heteroatoms. The van der Waals surface area contributed by atoms with Crippen molar-refractivity contribution in [2.24, 2.45) is 5.10 Å². The molecule has 27 heavy (non-hydrogen) atoms. The lowest BCUT2D eigenvalue weighted by molar-refractivity contribution is 0.0929. The second-order valence-corrected chi connectivity index (χ2v) is 6.98. The van der Waals surface area contributed by atoms with Crippen LogP contribution < -0.4 is 5.43 Å². The van der Waals surface area contributed by atoms with Crippen LogP contribution in [0.15, 0.2) is 80.7 Å². The fraction of sp³-hybridized carbons (Fsp3) is 0.0476. The number of nitrogens with one attached hydrogen (secondary N) is 1.